The lowest BCUT2D eigenvalue weighted by Gasteiger charge is -2.17. The molecule has 1 unspecified atom stereocenters. The number of nitrogens with one attached hydrogen (secondary N) is 1. The van der Waals surface area contributed by atoms with Crippen molar-refractivity contribution in [1.29, 1.82) is 0 Å². The van der Waals surface area contributed by atoms with Crippen molar-refractivity contribution < 1.29 is 4.74 Å². The van der Waals surface area contributed by atoms with Crippen LogP contribution in [0.1, 0.15) is 37.4 Å². The second-order valence-corrected chi connectivity index (χ2v) is 4.84. The van der Waals surface area contributed by atoms with Crippen molar-refractivity contribution in [1.82, 2.24) is 5.43 Å². The molecule has 0 aliphatic heterocycles. The molecule has 0 aromatic heterocycles. The molecular formula is C14H24N2O. The molecule has 1 aromatic rings. The summed E-state index contributed by atoms with van der Waals surface area (Å²) in [7, 11) is 1.71. The standard InChI is InChI=1S/C14H24N2O/c1-11(2)9-12-5-4-6-13(10-12)14(16-15)7-8-17-3/h4-6,10-11,14,16H,7-9,15H2,1-3H3. The van der Waals surface area contributed by atoms with Crippen LogP contribution in [0.5, 0.6) is 0 Å². The Labute approximate surface area is 104 Å². The van der Waals surface area contributed by atoms with Gasteiger partial charge >= 0.3 is 0 Å². The summed E-state index contributed by atoms with van der Waals surface area (Å²) >= 11 is 0. The lowest BCUT2D eigenvalue weighted by molar-refractivity contribution is 0.183. The highest BCUT2D eigenvalue weighted by Crippen LogP contribution is 2.19. The molecular weight excluding hydrogens is 212 g/mol. The Bertz CT molecular complexity index is 326. The van der Waals surface area contributed by atoms with E-state index in [0.717, 1.165) is 12.8 Å². The minimum Gasteiger partial charge on any atom is -0.385 e. The van der Waals surface area contributed by atoms with Gasteiger partial charge in [0, 0.05) is 19.8 Å². The molecule has 0 amide bonds. The molecule has 3 N–H and O–H groups in total. The zero-order valence-corrected chi connectivity index (χ0v) is 11.1. The van der Waals surface area contributed by atoms with E-state index in [2.05, 4.69) is 43.5 Å². The van der Waals surface area contributed by atoms with Gasteiger partial charge in [-0.3, -0.25) is 11.3 Å². The number of ether oxygens (including phenoxy) is 1. The van der Waals surface area contributed by atoms with Crippen molar-refractivity contribution >= 4 is 0 Å². The summed E-state index contributed by atoms with van der Waals surface area (Å²) in [6.07, 6.45) is 1.99. The topological polar surface area (TPSA) is 47.3 Å². The summed E-state index contributed by atoms with van der Waals surface area (Å²) in [4.78, 5) is 0. The molecule has 96 valence electrons. The number of hydrogen-bond donors (Lipinski definition) is 2. The van der Waals surface area contributed by atoms with E-state index in [1.165, 1.54) is 11.1 Å². The summed E-state index contributed by atoms with van der Waals surface area (Å²) in [6, 6.07) is 8.80. The van der Waals surface area contributed by atoms with Gasteiger partial charge in [0.05, 0.1) is 0 Å². The summed E-state index contributed by atoms with van der Waals surface area (Å²) in [5, 5.41) is 0. The van der Waals surface area contributed by atoms with E-state index >= 15 is 0 Å². The van der Waals surface area contributed by atoms with Gasteiger partial charge in [-0.15, -0.1) is 0 Å². The molecule has 3 heteroatoms. The van der Waals surface area contributed by atoms with Crippen LogP contribution in [0.3, 0.4) is 0 Å². The maximum absolute atomic E-state index is 5.59. The van der Waals surface area contributed by atoms with Crippen molar-refractivity contribution in [2.24, 2.45) is 11.8 Å². The van der Waals surface area contributed by atoms with Gasteiger partial charge in [0.15, 0.2) is 0 Å². The largest absolute Gasteiger partial charge is 0.385 e. The van der Waals surface area contributed by atoms with Crippen LogP contribution in [0.15, 0.2) is 24.3 Å². The maximum Gasteiger partial charge on any atom is 0.0482 e. The highest BCUT2D eigenvalue weighted by atomic mass is 16.5. The van der Waals surface area contributed by atoms with Gasteiger partial charge in [-0.1, -0.05) is 38.1 Å². The van der Waals surface area contributed by atoms with E-state index in [4.69, 9.17) is 10.6 Å². The minimum atomic E-state index is 0.169. The second kappa shape index (κ2) is 7.43. The molecule has 0 radical (unpaired) electrons. The number of hydrazine groups is 1. The van der Waals surface area contributed by atoms with Crippen LogP contribution in [0.25, 0.3) is 0 Å². The van der Waals surface area contributed by atoms with Gasteiger partial charge in [-0.25, -0.2) is 0 Å². The van der Waals surface area contributed by atoms with Crippen LogP contribution in [-0.2, 0) is 11.2 Å². The quantitative estimate of drug-likeness (QED) is 0.564. The monoisotopic (exact) mass is 236 g/mol. The predicted octanol–water partition coefficient (Wildman–Crippen LogP) is 2.43. The minimum absolute atomic E-state index is 0.169. The molecule has 0 spiro atoms. The van der Waals surface area contributed by atoms with Gasteiger partial charge in [-0.05, 0) is 29.9 Å². The molecule has 0 saturated heterocycles. The first-order valence-electron chi connectivity index (χ1n) is 6.21. The summed E-state index contributed by atoms with van der Waals surface area (Å²) in [5.74, 6) is 6.27. The molecule has 0 bridgehead atoms. The SMILES string of the molecule is COCCC(NN)c1cccc(CC(C)C)c1. The summed E-state index contributed by atoms with van der Waals surface area (Å²) in [5.41, 5.74) is 5.46. The third-order valence-corrected chi connectivity index (χ3v) is 2.81. The van der Waals surface area contributed by atoms with Crippen LogP contribution in [0.4, 0.5) is 0 Å². The fraction of sp³-hybridized carbons (Fsp3) is 0.571. The van der Waals surface area contributed by atoms with Gasteiger partial charge in [0.1, 0.15) is 0 Å². The first-order chi connectivity index (χ1) is 8.17. The molecule has 17 heavy (non-hydrogen) atoms. The average molecular weight is 236 g/mol. The molecule has 1 atom stereocenters. The van der Waals surface area contributed by atoms with E-state index in [9.17, 15) is 0 Å². The van der Waals surface area contributed by atoms with E-state index in [-0.39, 0.29) is 6.04 Å². The zero-order chi connectivity index (χ0) is 12.7. The predicted molar refractivity (Wildman–Crippen MR) is 71.5 cm³/mol. The van der Waals surface area contributed by atoms with Gasteiger partial charge < -0.3 is 4.74 Å². The first-order valence-corrected chi connectivity index (χ1v) is 6.21. The smallest absolute Gasteiger partial charge is 0.0482 e. The number of nitrogens with two attached hydrogens (primary N) is 1. The van der Waals surface area contributed by atoms with Gasteiger partial charge in [0.25, 0.3) is 0 Å². The van der Waals surface area contributed by atoms with E-state index in [0.29, 0.717) is 12.5 Å². The van der Waals surface area contributed by atoms with Crippen LogP contribution in [0, 0.1) is 5.92 Å². The molecule has 1 aromatic carbocycles. The number of methoxy groups -OCH3 is 1. The second-order valence-electron chi connectivity index (χ2n) is 4.84. The Hall–Kier alpha value is -0.900. The normalized spacial score (nSPS) is 13.0. The van der Waals surface area contributed by atoms with Crippen LogP contribution in [0.2, 0.25) is 0 Å². The molecule has 0 fully saturated rings. The fourth-order valence-corrected chi connectivity index (χ4v) is 1.99. The molecule has 1 rings (SSSR count). The Morgan fingerprint density at radius 2 is 2.12 bits per heavy atom. The van der Waals surface area contributed by atoms with E-state index < -0.39 is 0 Å². The highest BCUT2D eigenvalue weighted by Gasteiger charge is 2.10. The molecule has 0 aliphatic rings. The van der Waals surface area contributed by atoms with Crippen molar-refractivity contribution in [3.05, 3.63) is 35.4 Å². The zero-order valence-electron chi connectivity index (χ0n) is 11.1. The van der Waals surface area contributed by atoms with Crippen LogP contribution in [-0.4, -0.2) is 13.7 Å². The number of hydrogen-bond acceptors (Lipinski definition) is 3. The summed E-state index contributed by atoms with van der Waals surface area (Å²) < 4.78 is 5.09. The lowest BCUT2D eigenvalue weighted by atomic mass is 9.97. The average Bonchev–Trinajstić information content (AvgIpc) is 2.30. The number of rotatable bonds is 7. The Morgan fingerprint density at radius 1 is 1.35 bits per heavy atom. The fourth-order valence-electron chi connectivity index (χ4n) is 1.99. The lowest BCUT2D eigenvalue weighted by Crippen LogP contribution is -2.29. The number of benzene rings is 1. The van der Waals surface area contributed by atoms with Crippen molar-refractivity contribution in [2.75, 3.05) is 13.7 Å². The Morgan fingerprint density at radius 3 is 2.71 bits per heavy atom. The third kappa shape index (κ3) is 4.86. The first kappa shape index (κ1) is 14.2. The van der Waals surface area contributed by atoms with Gasteiger partial charge in [-0.2, -0.15) is 0 Å². The van der Waals surface area contributed by atoms with Crippen molar-refractivity contribution in [2.45, 2.75) is 32.7 Å². The van der Waals surface area contributed by atoms with Crippen LogP contribution >= 0.6 is 0 Å². The van der Waals surface area contributed by atoms with Gasteiger partial charge in [0.2, 0.25) is 0 Å². The highest BCUT2D eigenvalue weighted by molar-refractivity contribution is 5.26. The third-order valence-electron chi connectivity index (χ3n) is 2.81. The summed E-state index contributed by atoms with van der Waals surface area (Å²) in [6.45, 7) is 5.18. The van der Waals surface area contributed by atoms with Crippen molar-refractivity contribution in [3.8, 4) is 0 Å². The Kier molecular flexibility index (Phi) is 6.19. The molecule has 3 nitrogen and oxygen atoms in total. The molecule has 0 aliphatic carbocycles. The van der Waals surface area contributed by atoms with E-state index in [1.54, 1.807) is 7.11 Å². The van der Waals surface area contributed by atoms with Crippen molar-refractivity contribution in [3.63, 3.8) is 0 Å². The maximum atomic E-state index is 5.59. The molecule has 0 heterocycles. The van der Waals surface area contributed by atoms with Crippen LogP contribution < -0.4 is 11.3 Å². The Balaban J connectivity index is 2.73. The van der Waals surface area contributed by atoms with E-state index in [1.807, 2.05) is 0 Å². The molecule has 0 saturated carbocycles.